The largest absolute Gasteiger partial charge is 0.456 e. The number of sulfonamides is 2. The van der Waals surface area contributed by atoms with E-state index in [4.69, 9.17) is 4.74 Å². The van der Waals surface area contributed by atoms with E-state index >= 15 is 0 Å². The van der Waals surface area contributed by atoms with E-state index in [-0.39, 0.29) is 40.6 Å². The number of aryl methyl sites for hydroxylation is 1. The molecule has 3 aliphatic rings. The third kappa shape index (κ3) is 3.59. The van der Waals surface area contributed by atoms with Crippen LogP contribution in [0.3, 0.4) is 0 Å². The summed E-state index contributed by atoms with van der Waals surface area (Å²) in [6, 6.07) is 17.2. The highest BCUT2D eigenvalue weighted by molar-refractivity contribution is 9.09. The minimum Gasteiger partial charge on any atom is -0.456 e. The van der Waals surface area contributed by atoms with Crippen LogP contribution in [-0.2, 0) is 33.9 Å². The molecule has 0 N–H and O–H groups in total. The van der Waals surface area contributed by atoms with Gasteiger partial charge in [0.05, 0.1) is 26.9 Å². The molecule has 0 bridgehead atoms. The summed E-state index contributed by atoms with van der Waals surface area (Å²) in [5.41, 5.74) is -0.164. The molecule has 0 aliphatic carbocycles. The van der Waals surface area contributed by atoms with E-state index in [1.807, 2.05) is 6.92 Å². The van der Waals surface area contributed by atoms with Gasteiger partial charge in [0.25, 0.3) is 15.7 Å². The van der Waals surface area contributed by atoms with Gasteiger partial charge in [-0.05, 0) is 37.3 Å². The van der Waals surface area contributed by atoms with Gasteiger partial charge in [-0.3, -0.25) is 14.9 Å². The van der Waals surface area contributed by atoms with Gasteiger partial charge in [0.2, 0.25) is 10.0 Å². The van der Waals surface area contributed by atoms with Crippen molar-refractivity contribution in [3.63, 3.8) is 0 Å². The number of rotatable bonds is 5. The van der Waals surface area contributed by atoms with Gasteiger partial charge in [-0.15, -0.1) is 0 Å². The lowest BCUT2D eigenvalue weighted by Gasteiger charge is -2.37. The van der Waals surface area contributed by atoms with Crippen molar-refractivity contribution in [3.05, 3.63) is 94.0 Å². The van der Waals surface area contributed by atoms with Gasteiger partial charge in [0.1, 0.15) is 16.1 Å². The molecule has 3 heterocycles. The second kappa shape index (κ2) is 8.83. The van der Waals surface area contributed by atoms with E-state index in [2.05, 4.69) is 15.9 Å². The van der Waals surface area contributed by atoms with Crippen LogP contribution in [-0.4, -0.2) is 50.3 Å². The van der Waals surface area contributed by atoms with E-state index in [0.29, 0.717) is 5.56 Å². The molecule has 40 heavy (non-hydrogen) atoms. The predicted molar refractivity (Wildman–Crippen MR) is 147 cm³/mol. The molecule has 0 amide bonds. The molecule has 6 rings (SSSR count). The van der Waals surface area contributed by atoms with E-state index < -0.39 is 47.0 Å². The first-order valence-corrected chi connectivity index (χ1v) is 15.9. The van der Waals surface area contributed by atoms with Crippen LogP contribution < -0.4 is 4.31 Å². The minimum absolute atomic E-state index is 0.0262. The average Bonchev–Trinajstić information content (AvgIpc) is 3.52. The summed E-state index contributed by atoms with van der Waals surface area (Å²) in [6.45, 7) is 1.49. The number of nitrogens with zero attached hydrogens (tertiary/aromatic N) is 3. The molecule has 1 unspecified atom stereocenters. The molecule has 2 fully saturated rings. The summed E-state index contributed by atoms with van der Waals surface area (Å²) < 4.78 is 63.5. The molecule has 0 aromatic heterocycles. The second-order valence-corrected chi connectivity index (χ2v) is 14.9. The number of esters is 1. The standard InChI is InChI=1S/C26H22BrN3O8S2/c1-17-6-10-20(11-7-17)40(36,37)29-22-5-3-2-4-21(22)26(27)24(29)28(16-25(26)15-14-23(31)38-25)39(34,35)19-12-8-18(9-13-19)30(32)33/h2-13,24H,14-16H2,1H3/t24-,25?,26-/m1/s1. The average molecular weight is 649 g/mol. The number of hydrogen-bond acceptors (Lipinski definition) is 8. The molecule has 3 aromatic carbocycles. The quantitative estimate of drug-likeness (QED) is 0.176. The van der Waals surface area contributed by atoms with Gasteiger partial charge < -0.3 is 4.74 Å². The molecular formula is C26H22BrN3O8S2. The number of anilines is 1. The van der Waals surface area contributed by atoms with Crippen molar-refractivity contribution in [1.29, 1.82) is 0 Å². The molecule has 3 atom stereocenters. The normalized spacial score (nSPS) is 26.1. The molecule has 11 nitrogen and oxygen atoms in total. The van der Waals surface area contributed by atoms with Gasteiger partial charge >= 0.3 is 5.97 Å². The van der Waals surface area contributed by atoms with Crippen molar-refractivity contribution in [2.75, 3.05) is 10.8 Å². The van der Waals surface area contributed by atoms with Gasteiger partial charge in [0.15, 0.2) is 0 Å². The number of non-ortho nitro benzene ring substituents is 1. The summed E-state index contributed by atoms with van der Waals surface area (Å²) in [4.78, 5) is 22.7. The number of hydrogen-bond donors (Lipinski definition) is 0. The number of nitro benzene ring substituents is 1. The van der Waals surface area contributed by atoms with E-state index in [0.717, 1.165) is 38.4 Å². The highest BCUT2D eigenvalue weighted by Crippen LogP contribution is 2.65. The van der Waals surface area contributed by atoms with Crippen LogP contribution in [0.4, 0.5) is 11.4 Å². The summed E-state index contributed by atoms with van der Waals surface area (Å²) in [5.74, 6) is -0.524. The fourth-order valence-electron chi connectivity index (χ4n) is 5.82. The third-order valence-corrected chi connectivity index (χ3v) is 12.9. The topological polar surface area (TPSA) is 144 Å². The summed E-state index contributed by atoms with van der Waals surface area (Å²) >= 11 is 3.76. The van der Waals surface area contributed by atoms with Crippen LogP contribution in [0.15, 0.2) is 82.6 Å². The number of para-hydroxylation sites is 1. The number of halogens is 1. The Kier molecular flexibility index (Phi) is 5.93. The smallest absolute Gasteiger partial charge is 0.306 e. The van der Waals surface area contributed by atoms with Crippen molar-refractivity contribution >= 4 is 53.3 Å². The van der Waals surface area contributed by atoms with Crippen molar-refractivity contribution in [3.8, 4) is 0 Å². The molecule has 3 aliphatic heterocycles. The first-order chi connectivity index (χ1) is 18.8. The van der Waals surface area contributed by atoms with Crippen LogP contribution >= 0.6 is 15.9 Å². The number of carbonyl (C=O) groups excluding carboxylic acids is 1. The van der Waals surface area contributed by atoms with E-state index in [1.165, 1.54) is 12.1 Å². The minimum atomic E-state index is -4.47. The Morgan fingerprint density at radius 3 is 2.15 bits per heavy atom. The van der Waals surface area contributed by atoms with Gasteiger partial charge in [-0.2, -0.15) is 4.31 Å². The van der Waals surface area contributed by atoms with Gasteiger partial charge in [-0.25, -0.2) is 21.1 Å². The Morgan fingerprint density at radius 2 is 1.55 bits per heavy atom. The number of benzene rings is 3. The van der Waals surface area contributed by atoms with E-state index in [1.54, 1.807) is 36.4 Å². The van der Waals surface area contributed by atoms with E-state index in [9.17, 15) is 31.7 Å². The maximum atomic E-state index is 14.3. The number of alkyl halides is 1. The van der Waals surface area contributed by atoms with Crippen LogP contribution in [0.25, 0.3) is 0 Å². The van der Waals surface area contributed by atoms with Crippen LogP contribution in [0.5, 0.6) is 0 Å². The molecule has 14 heteroatoms. The maximum absolute atomic E-state index is 14.3. The number of nitro groups is 1. The molecule has 208 valence electrons. The van der Waals surface area contributed by atoms with Crippen molar-refractivity contribution in [2.24, 2.45) is 0 Å². The SMILES string of the molecule is Cc1ccc(S(=O)(=O)N2c3ccccc3[C@@]3(Br)[C@@H]2N(S(=O)(=O)c2ccc([N+](=O)[O-])cc2)CC32CCC(=O)O2)cc1. The predicted octanol–water partition coefficient (Wildman–Crippen LogP) is 3.81. The van der Waals surface area contributed by atoms with Crippen molar-refractivity contribution < 1.29 is 31.3 Å². The van der Waals surface area contributed by atoms with Crippen LogP contribution in [0.2, 0.25) is 0 Å². The summed E-state index contributed by atoms with van der Waals surface area (Å²) in [5, 5.41) is 11.2. The van der Waals surface area contributed by atoms with Crippen LogP contribution in [0.1, 0.15) is 24.0 Å². The zero-order chi connectivity index (χ0) is 28.7. The molecule has 0 radical (unpaired) electrons. The molecule has 1 spiro atoms. The molecule has 2 saturated heterocycles. The zero-order valence-corrected chi connectivity index (χ0v) is 24.1. The Balaban J connectivity index is 1.59. The third-order valence-electron chi connectivity index (χ3n) is 7.73. The van der Waals surface area contributed by atoms with Gasteiger partial charge in [0, 0.05) is 30.5 Å². The second-order valence-electron chi connectivity index (χ2n) is 9.99. The number of ether oxygens (including phenoxy) is 1. The summed E-state index contributed by atoms with van der Waals surface area (Å²) in [7, 11) is -8.82. The Morgan fingerprint density at radius 1 is 0.950 bits per heavy atom. The number of carbonyl (C=O) groups is 1. The van der Waals surface area contributed by atoms with Crippen molar-refractivity contribution in [1.82, 2.24) is 4.31 Å². The fourth-order valence-corrected chi connectivity index (χ4v) is 10.7. The molecule has 0 saturated carbocycles. The zero-order valence-electron chi connectivity index (χ0n) is 20.9. The first-order valence-electron chi connectivity index (χ1n) is 12.2. The lowest BCUT2D eigenvalue weighted by Crippen LogP contribution is -2.54. The Labute approximate surface area is 238 Å². The van der Waals surface area contributed by atoms with Gasteiger partial charge in [-0.1, -0.05) is 51.8 Å². The van der Waals surface area contributed by atoms with Crippen molar-refractivity contribution in [2.45, 2.75) is 45.6 Å². The lowest BCUT2D eigenvalue weighted by atomic mass is 9.82. The molecular weight excluding hydrogens is 626 g/mol. The highest BCUT2D eigenvalue weighted by Gasteiger charge is 2.75. The van der Waals surface area contributed by atoms with Crippen LogP contribution in [0, 0.1) is 17.0 Å². The Hall–Kier alpha value is -3.33. The molecule has 3 aromatic rings. The monoisotopic (exact) mass is 647 g/mol. The highest BCUT2D eigenvalue weighted by atomic mass is 79.9. The summed E-state index contributed by atoms with van der Waals surface area (Å²) in [6.07, 6.45) is -1.23. The fraction of sp³-hybridized carbons (Fsp3) is 0.269. The number of fused-ring (bicyclic) bond motifs is 4. The first kappa shape index (κ1) is 26.9. The lowest BCUT2D eigenvalue weighted by molar-refractivity contribution is -0.384. The Bertz CT molecular complexity index is 1780. The maximum Gasteiger partial charge on any atom is 0.306 e.